The van der Waals surface area contributed by atoms with Gasteiger partial charge in [0.05, 0.1) is 12.8 Å². The number of carbonyl (C=O) groups is 1. The fourth-order valence-corrected chi connectivity index (χ4v) is 7.40. The molecule has 0 radical (unpaired) electrons. The lowest BCUT2D eigenvalue weighted by molar-refractivity contribution is -0.118. The van der Waals surface area contributed by atoms with E-state index in [0.29, 0.717) is 22.9 Å². The van der Waals surface area contributed by atoms with Crippen LogP contribution < -0.4 is 9.64 Å². The number of methoxy groups -OCH3 is 1. The third kappa shape index (κ3) is 1.91. The van der Waals surface area contributed by atoms with Crippen molar-refractivity contribution in [2.24, 2.45) is 5.41 Å². The predicted molar refractivity (Wildman–Crippen MR) is 104 cm³/mol. The van der Waals surface area contributed by atoms with E-state index in [1.54, 1.807) is 14.0 Å². The normalized spacial score (nSPS) is 36.9. The molecule has 1 aromatic rings. The summed E-state index contributed by atoms with van der Waals surface area (Å²) in [6.45, 7) is 6.25. The first kappa shape index (κ1) is 17.4. The number of aromatic hydroxyl groups is 1. The van der Waals surface area contributed by atoms with E-state index in [9.17, 15) is 9.90 Å². The van der Waals surface area contributed by atoms with Gasteiger partial charge in [-0.15, -0.1) is 0 Å². The lowest BCUT2D eigenvalue weighted by Crippen LogP contribution is -2.65. The van der Waals surface area contributed by atoms with Crippen LogP contribution in [0.1, 0.15) is 57.9 Å². The Bertz CT molecular complexity index is 809. The number of nitrogens with zero attached hydrogens (tertiary/aromatic N) is 2. The molecule has 1 aliphatic carbocycles. The number of anilines is 1. The number of rotatable bonds is 2. The van der Waals surface area contributed by atoms with Crippen molar-refractivity contribution in [3.05, 3.63) is 17.7 Å². The van der Waals surface area contributed by atoms with Gasteiger partial charge in [-0.2, -0.15) is 0 Å². The Morgan fingerprint density at radius 1 is 1.30 bits per heavy atom. The highest BCUT2D eigenvalue weighted by atomic mass is 16.5. The standard InChI is InChI=1S/C22H30N2O3/c1-4-21-9-5-12-23-13-11-22(20(21)23)15-6-7-16(27-3)19(26)18(15)24(14(2)25)17(22)8-10-21/h6-7,17,20,26H,4-5,8-13H2,1-3H3/t17?,20-,21-,22?/m1/s1. The van der Waals surface area contributed by atoms with E-state index in [0.717, 1.165) is 19.4 Å². The molecular weight excluding hydrogens is 340 g/mol. The van der Waals surface area contributed by atoms with Crippen molar-refractivity contribution in [2.45, 2.75) is 69.9 Å². The van der Waals surface area contributed by atoms with Crippen molar-refractivity contribution in [3.63, 3.8) is 0 Å². The zero-order valence-corrected chi connectivity index (χ0v) is 16.6. The number of benzene rings is 1. The SMILES string of the molecule is CC[C@@]12CCCN3CCC4(c5ccc(OC)c(O)c5N(C(C)=O)C4CC1)[C@H]32. The highest BCUT2D eigenvalue weighted by Gasteiger charge is 2.68. The van der Waals surface area contributed by atoms with Gasteiger partial charge in [0, 0.05) is 24.4 Å². The molecule has 0 bridgehead atoms. The van der Waals surface area contributed by atoms with E-state index in [1.807, 2.05) is 11.0 Å². The zero-order valence-electron chi connectivity index (χ0n) is 16.6. The summed E-state index contributed by atoms with van der Waals surface area (Å²) >= 11 is 0. The molecule has 27 heavy (non-hydrogen) atoms. The van der Waals surface area contributed by atoms with Crippen molar-refractivity contribution in [1.82, 2.24) is 4.90 Å². The van der Waals surface area contributed by atoms with Crippen LogP contribution in [0.15, 0.2) is 12.1 Å². The number of carbonyl (C=O) groups excluding carboxylic acids is 1. The molecule has 1 amide bonds. The highest BCUT2D eigenvalue weighted by molar-refractivity contribution is 5.98. The van der Waals surface area contributed by atoms with Gasteiger partial charge in [-0.1, -0.05) is 13.0 Å². The van der Waals surface area contributed by atoms with Gasteiger partial charge in [0.15, 0.2) is 11.5 Å². The molecule has 1 aromatic carbocycles. The van der Waals surface area contributed by atoms with Gasteiger partial charge in [-0.3, -0.25) is 9.69 Å². The number of phenols is 1. The molecule has 3 fully saturated rings. The largest absolute Gasteiger partial charge is 0.503 e. The fraction of sp³-hybridized carbons (Fsp3) is 0.682. The van der Waals surface area contributed by atoms with Crippen molar-refractivity contribution >= 4 is 11.6 Å². The first-order valence-corrected chi connectivity index (χ1v) is 10.4. The van der Waals surface area contributed by atoms with E-state index in [4.69, 9.17) is 4.74 Å². The monoisotopic (exact) mass is 370 g/mol. The van der Waals surface area contributed by atoms with Crippen LogP contribution in [0.2, 0.25) is 0 Å². The Kier molecular flexibility index (Phi) is 3.62. The van der Waals surface area contributed by atoms with Gasteiger partial charge >= 0.3 is 0 Å². The minimum Gasteiger partial charge on any atom is -0.503 e. The van der Waals surface area contributed by atoms with E-state index < -0.39 is 0 Å². The Labute approximate surface area is 161 Å². The molecule has 0 aromatic heterocycles. The van der Waals surface area contributed by atoms with E-state index in [-0.39, 0.29) is 23.1 Å². The second-order valence-corrected chi connectivity index (χ2v) is 9.00. The van der Waals surface area contributed by atoms with Crippen molar-refractivity contribution < 1.29 is 14.6 Å². The van der Waals surface area contributed by atoms with Crippen LogP contribution in [0.3, 0.4) is 0 Å². The Hall–Kier alpha value is -1.75. The van der Waals surface area contributed by atoms with Crippen LogP contribution in [-0.4, -0.2) is 48.2 Å². The predicted octanol–water partition coefficient (Wildman–Crippen LogP) is 3.43. The Balaban J connectivity index is 1.77. The summed E-state index contributed by atoms with van der Waals surface area (Å²) in [4.78, 5) is 17.4. The number of amides is 1. The average molecular weight is 370 g/mol. The molecule has 1 saturated carbocycles. The topological polar surface area (TPSA) is 53.0 Å². The minimum atomic E-state index is -0.0561. The third-order valence-corrected chi connectivity index (χ3v) is 8.31. The molecule has 3 heterocycles. The van der Waals surface area contributed by atoms with Crippen molar-refractivity contribution in [3.8, 4) is 11.5 Å². The molecule has 3 aliphatic heterocycles. The highest BCUT2D eigenvalue weighted by Crippen LogP contribution is 2.67. The molecule has 5 rings (SSSR count). The van der Waals surface area contributed by atoms with Gasteiger partial charge in [0.1, 0.15) is 0 Å². The smallest absolute Gasteiger partial charge is 0.224 e. The van der Waals surface area contributed by atoms with E-state index >= 15 is 0 Å². The third-order valence-electron chi connectivity index (χ3n) is 8.31. The van der Waals surface area contributed by atoms with Crippen LogP contribution in [-0.2, 0) is 10.2 Å². The maximum atomic E-state index is 12.8. The quantitative estimate of drug-likeness (QED) is 0.867. The van der Waals surface area contributed by atoms with Gasteiger partial charge in [-0.05, 0) is 68.7 Å². The lowest BCUT2D eigenvalue weighted by atomic mass is 9.52. The van der Waals surface area contributed by atoms with E-state index in [1.165, 1.54) is 37.8 Å². The summed E-state index contributed by atoms with van der Waals surface area (Å²) in [6, 6.07) is 4.64. The van der Waals surface area contributed by atoms with Crippen LogP contribution in [0.5, 0.6) is 11.5 Å². The number of piperidine rings is 1. The maximum Gasteiger partial charge on any atom is 0.224 e. The fourth-order valence-electron chi connectivity index (χ4n) is 7.40. The molecule has 146 valence electrons. The van der Waals surface area contributed by atoms with Gasteiger partial charge in [0.2, 0.25) is 5.91 Å². The van der Waals surface area contributed by atoms with Gasteiger partial charge in [-0.25, -0.2) is 0 Å². The zero-order chi connectivity index (χ0) is 19.0. The molecule has 5 nitrogen and oxygen atoms in total. The summed E-state index contributed by atoms with van der Waals surface area (Å²) in [7, 11) is 1.57. The van der Waals surface area contributed by atoms with E-state index in [2.05, 4.69) is 17.9 Å². The lowest BCUT2D eigenvalue weighted by Gasteiger charge is -2.58. The molecule has 2 unspecified atom stereocenters. The Morgan fingerprint density at radius 3 is 2.81 bits per heavy atom. The number of fused-ring (bicyclic) bond motifs is 1. The van der Waals surface area contributed by atoms with Gasteiger partial charge in [0.25, 0.3) is 0 Å². The first-order chi connectivity index (χ1) is 13.0. The number of phenolic OH excluding ortho intramolecular Hbond substituents is 1. The maximum absolute atomic E-state index is 12.8. The van der Waals surface area contributed by atoms with Crippen LogP contribution in [0.25, 0.3) is 0 Å². The van der Waals surface area contributed by atoms with Crippen molar-refractivity contribution in [1.29, 1.82) is 0 Å². The summed E-state index contributed by atoms with van der Waals surface area (Å²) in [5.41, 5.74) is 2.17. The van der Waals surface area contributed by atoms with Crippen LogP contribution in [0.4, 0.5) is 5.69 Å². The number of ether oxygens (including phenoxy) is 1. The molecule has 4 atom stereocenters. The second-order valence-electron chi connectivity index (χ2n) is 9.00. The summed E-state index contributed by atoms with van der Waals surface area (Å²) in [6.07, 6.45) is 7.03. The van der Waals surface area contributed by atoms with Crippen LogP contribution >= 0.6 is 0 Å². The first-order valence-electron chi connectivity index (χ1n) is 10.4. The molecular formula is C22H30N2O3. The summed E-state index contributed by atoms with van der Waals surface area (Å²) < 4.78 is 5.38. The second kappa shape index (κ2) is 5.63. The minimum absolute atomic E-state index is 0.0277. The molecule has 1 N–H and O–H groups in total. The summed E-state index contributed by atoms with van der Waals surface area (Å²) in [5.74, 6) is 0.612. The number of hydrogen-bond donors (Lipinski definition) is 1. The molecule has 5 heteroatoms. The Morgan fingerprint density at radius 2 is 2.11 bits per heavy atom. The summed E-state index contributed by atoms with van der Waals surface area (Å²) in [5, 5.41) is 11.0. The average Bonchev–Trinajstić information content (AvgIpc) is 3.20. The molecule has 2 saturated heterocycles. The van der Waals surface area contributed by atoms with Crippen LogP contribution in [0, 0.1) is 5.41 Å². The van der Waals surface area contributed by atoms with Gasteiger partial charge < -0.3 is 14.7 Å². The molecule has 1 spiro atoms. The molecule has 4 aliphatic rings. The number of hydrogen-bond acceptors (Lipinski definition) is 4. The van der Waals surface area contributed by atoms with Crippen molar-refractivity contribution in [2.75, 3.05) is 25.1 Å².